The maximum absolute atomic E-state index is 13.7. The van der Waals surface area contributed by atoms with Crippen LogP contribution in [0.4, 0.5) is 5.13 Å². The van der Waals surface area contributed by atoms with E-state index < -0.39 is 11.9 Å². The van der Waals surface area contributed by atoms with Crippen LogP contribution in [0.2, 0.25) is 0 Å². The first kappa shape index (κ1) is 29.4. The fourth-order valence-corrected chi connectivity index (χ4v) is 7.12. The number of rotatable bonds is 10. The minimum Gasteiger partial charge on any atom is -0.497 e. The molecule has 42 heavy (non-hydrogen) atoms. The lowest BCUT2D eigenvalue weighted by Crippen LogP contribution is -2.19. The summed E-state index contributed by atoms with van der Waals surface area (Å²) in [5, 5.41) is 13.7. The van der Waals surface area contributed by atoms with Gasteiger partial charge < -0.3 is 23.9 Å². The predicted molar refractivity (Wildman–Crippen MR) is 164 cm³/mol. The molecule has 2 aromatic heterocycles. The van der Waals surface area contributed by atoms with E-state index in [1.54, 1.807) is 45.6 Å². The lowest BCUT2D eigenvalue weighted by molar-refractivity contribution is -0.137. The Morgan fingerprint density at radius 1 is 1.05 bits per heavy atom. The van der Waals surface area contributed by atoms with Crippen LogP contribution in [-0.2, 0) is 11.3 Å². The number of hydrogen-bond acceptors (Lipinski definition) is 7. The normalized spacial score (nSPS) is 14.5. The number of fused-ring (bicyclic) bond motifs is 1. The summed E-state index contributed by atoms with van der Waals surface area (Å²) >= 11 is 1.46. The fourth-order valence-electron chi connectivity index (χ4n) is 6.00. The molecule has 1 atom stereocenters. The van der Waals surface area contributed by atoms with E-state index in [0.717, 1.165) is 40.3 Å². The van der Waals surface area contributed by atoms with Gasteiger partial charge in [-0.05, 0) is 73.6 Å². The van der Waals surface area contributed by atoms with Gasteiger partial charge in [-0.15, -0.1) is 11.3 Å². The van der Waals surface area contributed by atoms with Gasteiger partial charge in [0, 0.05) is 21.3 Å². The summed E-state index contributed by atoms with van der Waals surface area (Å²) in [4.78, 5) is 31.5. The largest absolute Gasteiger partial charge is 0.497 e. The molecule has 10 heteroatoms. The minimum absolute atomic E-state index is 0.228. The monoisotopic (exact) mass is 591 g/mol. The Balaban J connectivity index is 1.57. The quantitative estimate of drug-likeness (QED) is 0.202. The van der Waals surface area contributed by atoms with Gasteiger partial charge in [0.05, 0.1) is 27.0 Å². The zero-order chi connectivity index (χ0) is 30.0. The molecule has 0 aliphatic heterocycles. The van der Waals surface area contributed by atoms with Crippen molar-refractivity contribution in [1.29, 1.82) is 0 Å². The second kappa shape index (κ2) is 12.4. The highest BCUT2D eigenvalue weighted by atomic mass is 32.1. The fraction of sp³-hybridized carbons (Fsp3) is 0.406. The Bertz CT molecular complexity index is 1620. The van der Waals surface area contributed by atoms with Gasteiger partial charge in [0.25, 0.3) is 5.91 Å². The number of benzene rings is 2. The van der Waals surface area contributed by atoms with Crippen molar-refractivity contribution in [2.24, 2.45) is 5.92 Å². The Labute approximate surface area is 249 Å². The lowest BCUT2D eigenvalue weighted by atomic mass is 9.79. The van der Waals surface area contributed by atoms with Crippen molar-refractivity contribution in [3.63, 3.8) is 0 Å². The number of anilines is 1. The van der Waals surface area contributed by atoms with Gasteiger partial charge in [-0.1, -0.05) is 26.2 Å². The smallest absolute Gasteiger partial charge is 0.323 e. The third kappa shape index (κ3) is 5.81. The van der Waals surface area contributed by atoms with E-state index in [4.69, 9.17) is 19.2 Å². The van der Waals surface area contributed by atoms with Gasteiger partial charge in [-0.25, -0.2) is 4.98 Å². The molecular formula is C32H37N3O6S. The highest BCUT2D eigenvalue weighted by molar-refractivity contribution is 7.16. The number of methoxy groups -OCH3 is 3. The first-order chi connectivity index (χ1) is 20.2. The highest BCUT2D eigenvalue weighted by Crippen LogP contribution is 2.46. The molecule has 1 unspecified atom stereocenters. The van der Waals surface area contributed by atoms with Crippen LogP contribution < -0.4 is 19.5 Å². The molecule has 2 N–H and O–H groups in total. The molecule has 0 saturated heterocycles. The van der Waals surface area contributed by atoms with E-state index in [1.807, 2.05) is 19.1 Å². The number of nitrogens with one attached hydrogen (secondary N) is 1. The number of carbonyl (C=O) groups excluding carboxylic acids is 1. The predicted octanol–water partition coefficient (Wildman–Crippen LogP) is 7.12. The van der Waals surface area contributed by atoms with Crippen molar-refractivity contribution in [3.05, 3.63) is 52.5 Å². The van der Waals surface area contributed by atoms with Crippen LogP contribution in [0.5, 0.6) is 17.2 Å². The molecule has 1 fully saturated rings. The zero-order valence-corrected chi connectivity index (χ0v) is 25.5. The minimum atomic E-state index is -1.04. The number of aromatic nitrogens is 2. The number of carboxylic acid groups (broad SMARTS) is 1. The molecule has 0 bridgehead atoms. The molecule has 222 valence electrons. The van der Waals surface area contributed by atoms with Crippen molar-refractivity contribution >= 4 is 39.2 Å². The van der Waals surface area contributed by atoms with Crippen LogP contribution in [0.15, 0.2) is 36.4 Å². The van der Waals surface area contributed by atoms with Crippen LogP contribution in [-0.4, -0.2) is 47.9 Å². The van der Waals surface area contributed by atoms with E-state index in [2.05, 4.69) is 12.2 Å². The van der Waals surface area contributed by atoms with Crippen LogP contribution in [0, 0.1) is 12.8 Å². The molecule has 2 heterocycles. The third-order valence-corrected chi connectivity index (χ3v) is 9.42. The number of aryl methyl sites for hydroxylation is 1. The van der Waals surface area contributed by atoms with Gasteiger partial charge in [-0.2, -0.15) is 0 Å². The van der Waals surface area contributed by atoms with Crippen molar-refractivity contribution in [3.8, 4) is 28.5 Å². The van der Waals surface area contributed by atoms with Crippen LogP contribution in [0.25, 0.3) is 22.2 Å². The summed E-state index contributed by atoms with van der Waals surface area (Å²) in [6, 6.07) is 10.9. The Morgan fingerprint density at radius 2 is 1.79 bits per heavy atom. The van der Waals surface area contributed by atoms with Gasteiger partial charge in [0.2, 0.25) is 0 Å². The number of amides is 1. The molecule has 1 saturated carbocycles. The molecule has 1 aliphatic rings. The van der Waals surface area contributed by atoms with Gasteiger partial charge >= 0.3 is 5.97 Å². The van der Waals surface area contributed by atoms with Crippen LogP contribution in [0.3, 0.4) is 0 Å². The Hall–Kier alpha value is -4.05. The van der Waals surface area contributed by atoms with Gasteiger partial charge in [0.1, 0.15) is 29.5 Å². The average Bonchev–Trinajstić information content (AvgIpc) is 3.57. The van der Waals surface area contributed by atoms with Crippen molar-refractivity contribution in [1.82, 2.24) is 9.55 Å². The number of aliphatic carboxylic acids is 1. The summed E-state index contributed by atoms with van der Waals surface area (Å²) in [6.07, 6.45) is 6.01. The molecular weight excluding hydrogens is 554 g/mol. The summed E-state index contributed by atoms with van der Waals surface area (Å²) in [5.41, 5.74) is 3.38. The average molecular weight is 592 g/mol. The highest BCUT2D eigenvalue weighted by Gasteiger charge is 2.29. The summed E-state index contributed by atoms with van der Waals surface area (Å²) < 4.78 is 18.2. The van der Waals surface area contributed by atoms with Crippen molar-refractivity contribution in [2.75, 3.05) is 26.6 Å². The topological polar surface area (TPSA) is 112 Å². The Kier molecular flexibility index (Phi) is 8.72. The van der Waals surface area contributed by atoms with Crippen LogP contribution in [0.1, 0.15) is 65.9 Å². The first-order valence-corrected chi connectivity index (χ1v) is 15.0. The standard InChI is InChI=1S/C32H37N3O6S/c1-18-13-27(41-5)23(16-26(18)40-4)29-30(19(2)20-9-7-6-8-10-20)42-32(33-29)34-31(38)25-15-21-14-22(39-3)11-12-24(21)35(25)17-28(36)37/h11-16,19-20H,6-10,17H2,1-5H3,(H,36,37)(H,33,34,38). The number of hydrogen-bond donors (Lipinski definition) is 2. The number of nitrogens with zero attached hydrogens (tertiary/aromatic N) is 2. The SMILES string of the molecule is COc1ccc2c(c1)cc(C(=O)Nc1nc(-c3cc(OC)c(C)cc3OC)c(C(C)C3CCCCC3)s1)n2CC(=O)O. The maximum atomic E-state index is 13.7. The number of carboxylic acids is 1. The second-order valence-corrected chi connectivity index (χ2v) is 11.9. The summed E-state index contributed by atoms with van der Waals surface area (Å²) in [7, 11) is 4.84. The number of ether oxygens (including phenoxy) is 3. The number of carbonyl (C=O) groups is 2. The molecule has 4 aromatic rings. The van der Waals surface area contributed by atoms with Crippen LogP contribution >= 0.6 is 11.3 Å². The van der Waals surface area contributed by atoms with E-state index in [1.165, 1.54) is 35.2 Å². The van der Waals surface area contributed by atoms with E-state index in [0.29, 0.717) is 33.5 Å². The molecule has 5 rings (SSSR count). The Morgan fingerprint density at radius 3 is 2.45 bits per heavy atom. The molecule has 2 aromatic carbocycles. The van der Waals surface area contributed by atoms with E-state index >= 15 is 0 Å². The number of thiazole rings is 1. The van der Waals surface area contributed by atoms with Gasteiger partial charge in [-0.3, -0.25) is 14.9 Å². The molecule has 9 nitrogen and oxygen atoms in total. The summed E-state index contributed by atoms with van der Waals surface area (Å²) in [5.74, 6) is 1.31. The van der Waals surface area contributed by atoms with Gasteiger partial charge in [0.15, 0.2) is 5.13 Å². The first-order valence-electron chi connectivity index (χ1n) is 14.2. The third-order valence-electron chi connectivity index (χ3n) is 8.25. The molecule has 1 amide bonds. The lowest BCUT2D eigenvalue weighted by Gasteiger charge is -2.27. The van der Waals surface area contributed by atoms with E-state index in [-0.39, 0.29) is 18.2 Å². The van der Waals surface area contributed by atoms with E-state index in [9.17, 15) is 14.7 Å². The maximum Gasteiger partial charge on any atom is 0.323 e. The molecule has 0 spiro atoms. The summed E-state index contributed by atoms with van der Waals surface area (Å²) in [6.45, 7) is 3.86. The molecule has 1 aliphatic carbocycles. The molecule has 0 radical (unpaired) electrons. The second-order valence-electron chi connectivity index (χ2n) is 10.8. The van der Waals surface area contributed by atoms with Crippen molar-refractivity contribution < 1.29 is 28.9 Å². The zero-order valence-electron chi connectivity index (χ0n) is 24.7. The van der Waals surface area contributed by atoms with Crippen molar-refractivity contribution in [2.45, 2.75) is 58.4 Å².